The summed E-state index contributed by atoms with van der Waals surface area (Å²) in [5.41, 5.74) is 3.15. The summed E-state index contributed by atoms with van der Waals surface area (Å²) in [6.07, 6.45) is 1.62. The maximum absolute atomic E-state index is 13.4. The van der Waals surface area contributed by atoms with Crippen LogP contribution in [0.5, 0.6) is 0 Å². The number of benzene rings is 4. The van der Waals surface area contributed by atoms with Crippen LogP contribution in [0.4, 0.5) is 15.8 Å². The molecule has 0 saturated heterocycles. The molecule has 9 heteroatoms. The molecule has 0 radical (unpaired) electrons. The first-order chi connectivity index (χ1) is 19.7. The van der Waals surface area contributed by atoms with Gasteiger partial charge >= 0.3 is 0 Å². The van der Waals surface area contributed by atoms with Gasteiger partial charge in [-0.15, -0.1) is 11.8 Å². The standard InChI is InChI=1S/C32H27ClFN3O3S/c1-20-8-6-9-22(16-20)17-29(37-31(39)23-10-4-3-5-11-23)32(40)36-24-12-7-13-26(18-24)41-21(2)30(38)35-25-14-15-28(34)27(33)19-25/h3-19,21H,1-2H3,(H,35,38)(H,36,40)(H,37,39)/b29-17+. The first kappa shape index (κ1) is 29.6. The molecule has 1 atom stereocenters. The molecule has 0 fully saturated rings. The maximum Gasteiger partial charge on any atom is 0.272 e. The summed E-state index contributed by atoms with van der Waals surface area (Å²) in [5.74, 6) is -1.77. The lowest BCUT2D eigenvalue weighted by molar-refractivity contribution is -0.115. The normalized spacial score (nSPS) is 11.9. The number of hydrogen-bond donors (Lipinski definition) is 3. The monoisotopic (exact) mass is 587 g/mol. The van der Waals surface area contributed by atoms with Crippen molar-refractivity contribution in [2.45, 2.75) is 24.0 Å². The Morgan fingerprint density at radius 1 is 0.854 bits per heavy atom. The van der Waals surface area contributed by atoms with Crippen LogP contribution in [0.1, 0.15) is 28.4 Å². The third kappa shape index (κ3) is 8.54. The van der Waals surface area contributed by atoms with E-state index in [0.717, 1.165) is 16.0 Å². The second kappa shape index (κ2) is 13.8. The van der Waals surface area contributed by atoms with Crippen molar-refractivity contribution in [3.8, 4) is 0 Å². The Balaban J connectivity index is 1.47. The molecule has 0 aromatic heterocycles. The Kier molecular flexibility index (Phi) is 9.95. The second-order valence-electron chi connectivity index (χ2n) is 9.15. The van der Waals surface area contributed by atoms with Gasteiger partial charge < -0.3 is 16.0 Å². The van der Waals surface area contributed by atoms with Crippen molar-refractivity contribution in [3.05, 3.63) is 130 Å². The number of hydrogen-bond acceptors (Lipinski definition) is 4. The van der Waals surface area contributed by atoms with Crippen molar-refractivity contribution >= 4 is 58.5 Å². The van der Waals surface area contributed by atoms with E-state index in [1.54, 1.807) is 61.5 Å². The lowest BCUT2D eigenvalue weighted by Gasteiger charge is -2.14. The Labute approximate surface area is 247 Å². The fourth-order valence-electron chi connectivity index (χ4n) is 3.79. The minimum absolute atomic E-state index is 0.0770. The molecule has 0 aliphatic heterocycles. The number of rotatable bonds is 9. The lowest BCUT2D eigenvalue weighted by atomic mass is 10.1. The van der Waals surface area contributed by atoms with E-state index in [1.165, 1.54) is 30.0 Å². The zero-order valence-corrected chi connectivity index (χ0v) is 23.9. The van der Waals surface area contributed by atoms with E-state index in [-0.39, 0.29) is 16.6 Å². The average molecular weight is 588 g/mol. The average Bonchev–Trinajstić information content (AvgIpc) is 2.95. The Morgan fingerprint density at radius 3 is 2.32 bits per heavy atom. The van der Waals surface area contributed by atoms with Gasteiger partial charge in [-0.05, 0) is 74.0 Å². The molecule has 0 aliphatic rings. The maximum atomic E-state index is 13.4. The van der Waals surface area contributed by atoms with Gasteiger partial charge in [0.05, 0.1) is 10.3 Å². The van der Waals surface area contributed by atoms with Gasteiger partial charge in [-0.1, -0.05) is 65.7 Å². The van der Waals surface area contributed by atoms with Crippen LogP contribution in [0, 0.1) is 12.7 Å². The van der Waals surface area contributed by atoms with Crippen LogP contribution in [-0.2, 0) is 9.59 Å². The molecule has 208 valence electrons. The van der Waals surface area contributed by atoms with E-state index in [1.807, 2.05) is 37.3 Å². The lowest BCUT2D eigenvalue weighted by Crippen LogP contribution is -2.30. The largest absolute Gasteiger partial charge is 0.325 e. The van der Waals surface area contributed by atoms with Crippen molar-refractivity contribution in [1.82, 2.24) is 5.32 Å². The summed E-state index contributed by atoms with van der Waals surface area (Å²) < 4.78 is 13.4. The number of amides is 3. The third-order valence-corrected chi connectivity index (χ3v) is 7.23. The molecule has 41 heavy (non-hydrogen) atoms. The highest BCUT2D eigenvalue weighted by molar-refractivity contribution is 8.00. The van der Waals surface area contributed by atoms with E-state index in [0.29, 0.717) is 16.9 Å². The number of thioether (sulfide) groups is 1. The van der Waals surface area contributed by atoms with E-state index >= 15 is 0 Å². The minimum Gasteiger partial charge on any atom is -0.325 e. The fourth-order valence-corrected chi connectivity index (χ4v) is 4.90. The number of aryl methyl sites for hydroxylation is 1. The van der Waals surface area contributed by atoms with Gasteiger partial charge in [0.1, 0.15) is 11.5 Å². The molecule has 4 aromatic carbocycles. The molecule has 1 unspecified atom stereocenters. The Bertz CT molecular complexity index is 1610. The molecule has 0 heterocycles. The highest BCUT2D eigenvalue weighted by atomic mass is 35.5. The predicted octanol–water partition coefficient (Wildman–Crippen LogP) is 7.32. The highest BCUT2D eigenvalue weighted by Gasteiger charge is 2.18. The van der Waals surface area contributed by atoms with Crippen molar-refractivity contribution < 1.29 is 18.8 Å². The summed E-state index contributed by atoms with van der Waals surface area (Å²) in [6.45, 7) is 3.68. The van der Waals surface area contributed by atoms with Gasteiger partial charge in [0, 0.05) is 21.8 Å². The summed E-state index contributed by atoms with van der Waals surface area (Å²) in [6, 6.07) is 27.2. The van der Waals surface area contributed by atoms with Crippen LogP contribution in [0.15, 0.2) is 108 Å². The molecule has 4 aromatic rings. The van der Waals surface area contributed by atoms with E-state index in [2.05, 4.69) is 16.0 Å². The quantitative estimate of drug-likeness (QED) is 0.141. The molecular formula is C32H27ClFN3O3S. The molecule has 3 amide bonds. The summed E-state index contributed by atoms with van der Waals surface area (Å²) in [4.78, 5) is 39.7. The van der Waals surface area contributed by atoms with Gasteiger partial charge in [0.2, 0.25) is 5.91 Å². The van der Waals surface area contributed by atoms with Crippen LogP contribution in [-0.4, -0.2) is 23.0 Å². The molecule has 4 rings (SSSR count). The predicted molar refractivity (Wildman–Crippen MR) is 163 cm³/mol. The van der Waals surface area contributed by atoms with Gasteiger partial charge in [-0.25, -0.2) is 4.39 Å². The number of anilines is 2. The van der Waals surface area contributed by atoms with Crippen LogP contribution in [0.3, 0.4) is 0 Å². The Hall–Kier alpha value is -4.40. The topological polar surface area (TPSA) is 87.3 Å². The summed E-state index contributed by atoms with van der Waals surface area (Å²) in [5, 5.41) is 7.71. The third-order valence-electron chi connectivity index (χ3n) is 5.84. The SMILES string of the molecule is Cc1cccc(/C=C(/NC(=O)c2ccccc2)C(=O)Nc2cccc(SC(C)C(=O)Nc3ccc(F)c(Cl)c3)c2)c1. The number of nitrogens with one attached hydrogen (secondary N) is 3. The second-order valence-corrected chi connectivity index (χ2v) is 11.0. The first-order valence-corrected chi connectivity index (χ1v) is 13.9. The molecule has 0 bridgehead atoms. The number of carbonyl (C=O) groups is 3. The van der Waals surface area contributed by atoms with Gasteiger partial charge in [-0.3, -0.25) is 14.4 Å². The van der Waals surface area contributed by atoms with Crippen molar-refractivity contribution in [1.29, 1.82) is 0 Å². The zero-order chi connectivity index (χ0) is 29.4. The smallest absolute Gasteiger partial charge is 0.272 e. The van der Waals surface area contributed by atoms with Crippen LogP contribution < -0.4 is 16.0 Å². The Morgan fingerprint density at radius 2 is 1.59 bits per heavy atom. The van der Waals surface area contributed by atoms with E-state index < -0.39 is 22.9 Å². The molecule has 3 N–H and O–H groups in total. The van der Waals surface area contributed by atoms with E-state index in [9.17, 15) is 18.8 Å². The van der Waals surface area contributed by atoms with Gasteiger partial charge in [-0.2, -0.15) is 0 Å². The number of halogens is 2. The van der Waals surface area contributed by atoms with Crippen molar-refractivity contribution in [2.24, 2.45) is 0 Å². The van der Waals surface area contributed by atoms with Crippen LogP contribution in [0.2, 0.25) is 5.02 Å². The van der Waals surface area contributed by atoms with Gasteiger partial charge in [0.25, 0.3) is 11.8 Å². The summed E-state index contributed by atoms with van der Waals surface area (Å²) >= 11 is 7.09. The summed E-state index contributed by atoms with van der Waals surface area (Å²) in [7, 11) is 0. The first-order valence-electron chi connectivity index (χ1n) is 12.7. The molecule has 0 aliphatic carbocycles. The van der Waals surface area contributed by atoms with Crippen molar-refractivity contribution in [3.63, 3.8) is 0 Å². The van der Waals surface area contributed by atoms with E-state index in [4.69, 9.17) is 11.6 Å². The zero-order valence-electron chi connectivity index (χ0n) is 22.3. The fraction of sp³-hybridized carbons (Fsp3) is 0.0938. The molecule has 0 spiro atoms. The number of carbonyl (C=O) groups excluding carboxylic acids is 3. The molecule has 6 nitrogen and oxygen atoms in total. The van der Waals surface area contributed by atoms with Gasteiger partial charge in [0.15, 0.2) is 0 Å². The highest BCUT2D eigenvalue weighted by Crippen LogP contribution is 2.27. The van der Waals surface area contributed by atoms with Crippen LogP contribution in [0.25, 0.3) is 6.08 Å². The van der Waals surface area contributed by atoms with Crippen LogP contribution >= 0.6 is 23.4 Å². The minimum atomic E-state index is -0.567. The van der Waals surface area contributed by atoms with Crippen molar-refractivity contribution in [2.75, 3.05) is 10.6 Å². The molecular weight excluding hydrogens is 561 g/mol. The molecule has 0 saturated carbocycles.